The van der Waals surface area contributed by atoms with E-state index in [2.05, 4.69) is 10.3 Å². The van der Waals surface area contributed by atoms with Crippen LogP contribution in [0.25, 0.3) is 11.3 Å². The van der Waals surface area contributed by atoms with Gasteiger partial charge >= 0.3 is 0 Å². The summed E-state index contributed by atoms with van der Waals surface area (Å²) in [6.45, 7) is 0. The van der Waals surface area contributed by atoms with Gasteiger partial charge in [0.2, 0.25) is 0 Å². The number of amides is 1. The number of hydrogen-bond donors (Lipinski definition) is 1. The molecular weight excluding hydrogens is 344 g/mol. The van der Waals surface area contributed by atoms with E-state index in [0.717, 1.165) is 11.8 Å². The van der Waals surface area contributed by atoms with Crippen LogP contribution in [0.1, 0.15) is 10.4 Å². The molecule has 3 aromatic rings. The van der Waals surface area contributed by atoms with Crippen molar-refractivity contribution in [1.82, 2.24) is 4.98 Å². The number of rotatable bonds is 4. The van der Waals surface area contributed by atoms with Gasteiger partial charge in [0.05, 0.1) is 5.69 Å². The van der Waals surface area contributed by atoms with Gasteiger partial charge in [0.1, 0.15) is 11.6 Å². The second-order valence-electron chi connectivity index (χ2n) is 5.56. The quantitative estimate of drug-likeness (QED) is 0.751. The molecule has 128 valence electrons. The van der Waals surface area contributed by atoms with Crippen molar-refractivity contribution in [2.45, 2.75) is 0 Å². The first kappa shape index (κ1) is 17.0. The maximum atomic E-state index is 13.8. The summed E-state index contributed by atoms with van der Waals surface area (Å²) in [5.41, 5.74) is 2.02. The Kier molecular flexibility index (Phi) is 4.76. The van der Waals surface area contributed by atoms with E-state index in [0.29, 0.717) is 16.4 Å². The monoisotopic (exact) mass is 359 g/mol. The molecule has 1 amide bonds. The number of hydrogen-bond acceptors (Lipinski definition) is 4. The van der Waals surface area contributed by atoms with Gasteiger partial charge < -0.3 is 4.90 Å². The number of aromatic nitrogens is 1. The molecule has 0 bridgehead atoms. The van der Waals surface area contributed by atoms with Crippen LogP contribution < -0.4 is 10.2 Å². The zero-order chi connectivity index (χ0) is 18.0. The van der Waals surface area contributed by atoms with Gasteiger partial charge in [-0.2, -0.15) is 0 Å². The predicted octanol–water partition coefficient (Wildman–Crippen LogP) is 4.41. The molecule has 1 aromatic heterocycles. The highest BCUT2D eigenvalue weighted by atomic mass is 32.1. The summed E-state index contributed by atoms with van der Waals surface area (Å²) in [4.78, 5) is 18.4. The van der Waals surface area contributed by atoms with Crippen molar-refractivity contribution in [2.24, 2.45) is 0 Å². The van der Waals surface area contributed by atoms with Crippen LogP contribution in [0.15, 0.2) is 47.8 Å². The average Bonchev–Trinajstić information content (AvgIpc) is 3.03. The molecule has 0 atom stereocenters. The Morgan fingerprint density at radius 2 is 1.84 bits per heavy atom. The van der Waals surface area contributed by atoms with Gasteiger partial charge in [0, 0.05) is 42.4 Å². The van der Waals surface area contributed by atoms with E-state index in [1.165, 1.54) is 23.5 Å². The molecule has 7 heteroatoms. The molecule has 0 spiro atoms. The highest BCUT2D eigenvalue weighted by molar-refractivity contribution is 7.14. The maximum Gasteiger partial charge on any atom is 0.257 e. The Bertz CT molecular complexity index is 907. The fourth-order valence-corrected chi connectivity index (χ4v) is 2.94. The SMILES string of the molecule is CN(C)c1ccc(C(=O)Nc2nc(-c3ccc(F)cc3F)cs2)cc1. The van der Waals surface area contributed by atoms with Crippen LogP contribution in [-0.4, -0.2) is 25.0 Å². The molecule has 1 heterocycles. The van der Waals surface area contributed by atoms with Gasteiger partial charge in [-0.25, -0.2) is 13.8 Å². The average molecular weight is 359 g/mol. The summed E-state index contributed by atoms with van der Waals surface area (Å²) in [5.74, 6) is -1.64. The molecule has 4 nitrogen and oxygen atoms in total. The highest BCUT2D eigenvalue weighted by Gasteiger charge is 2.13. The molecule has 0 radical (unpaired) electrons. The van der Waals surface area contributed by atoms with Crippen LogP contribution in [0.5, 0.6) is 0 Å². The summed E-state index contributed by atoms with van der Waals surface area (Å²) in [7, 11) is 3.83. The fraction of sp³-hybridized carbons (Fsp3) is 0.111. The van der Waals surface area contributed by atoms with E-state index in [1.54, 1.807) is 17.5 Å². The standard InChI is InChI=1S/C18H15F2N3OS/c1-23(2)13-6-3-11(4-7-13)17(24)22-18-21-16(10-25-18)14-8-5-12(19)9-15(14)20/h3-10H,1-2H3,(H,21,22,24). The predicted molar refractivity (Wildman–Crippen MR) is 96.2 cm³/mol. The number of benzene rings is 2. The first-order valence-electron chi connectivity index (χ1n) is 7.44. The Labute approximate surface area is 147 Å². The molecule has 0 aliphatic rings. The minimum atomic E-state index is -0.692. The molecule has 2 aromatic carbocycles. The Morgan fingerprint density at radius 3 is 2.48 bits per heavy atom. The number of carbonyl (C=O) groups is 1. The van der Waals surface area contributed by atoms with Crippen molar-refractivity contribution in [3.63, 3.8) is 0 Å². The summed E-state index contributed by atoms with van der Waals surface area (Å²) < 4.78 is 26.8. The van der Waals surface area contributed by atoms with Crippen molar-refractivity contribution in [3.05, 3.63) is 65.0 Å². The van der Waals surface area contributed by atoms with E-state index in [4.69, 9.17) is 0 Å². The third kappa shape index (κ3) is 3.83. The number of nitrogens with zero attached hydrogens (tertiary/aromatic N) is 2. The summed E-state index contributed by atoms with van der Waals surface area (Å²) in [6.07, 6.45) is 0. The van der Waals surface area contributed by atoms with Crippen LogP contribution in [0.4, 0.5) is 19.6 Å². The zero-order valence-corrected chi connectivity index (χ0v) is 14.4. The molecule has 0 aliphatic carbocycles. The molecule has 0 unspecified atom stereocenters. The summed E-state index contributed by atoms with van der Waals surface area (Å²) in [6, 6.07) is 10.4. The number of thiazole rings is 1. The van der Waals surface area contributed by atoms with Crippen LogP contribution in [0.3, 0.4) is 0 Å². The van der Waals surface area contributed by atoms with Crippen molar-refractivity contribution < 1.29 is 13.6 Å². The third-order valence-corrected chi connectivity index (χ3v) is 4.34. The van der Waals surface area contributed by atoms with Crippen LogP contribution in [0, 0.1) is 11.6 Å². The van der Waals surface area contributed by atoms with Gasteiger partial charge in [-0.05, 0) is 36.4 Å². The molecule has 1 N–H and O–H groups in total. The molecule has 0 saturated carbocycles. The molecule has 25 heavy (non-hydrogen) atoms. The molecule has 0 saturated heterocycles. The fourth-order valence-electron chi connectivity index (χ4n) is 2.23. The maximum absolute atomic E-state index is 13.8. The Morgan fingerprint density at radius 1 is 1.12 bits per heavy atom. The van der Waals surface area contributed by atoms with Crippen LogP contribution >= 0.6 is 11.3 Å². The second kappa shape index (κ2) is 6.98. The highest BCUT2D eigenvalue weighted by Crippen LogP contribution is 2.27. The van der Waals surface area contributed by atoms with Gasteiger partial charge in [-0.15, -0.1) is 11.3 Å². The minimum absolute atomic E-state index is 0.188. The Hall–Kier alpha value is -2.80. The number of halogens is 2. The lowest BCUT2D eigenvalue weighted by atomic mass is 10.1. The van der Waals surface area contributed by atoms with Crippen LogP contribution in [0.2, 0.25) is 0 Å². The second-order valence-corrected chi connectivity index (χ2v) is 6.42. The van der Waals surface area contributed by atoms with Crippen molar-refractivity contribution >= 4 is 28.1 Å². The summed E-state index contributed by atoms with van der Waals surface area (Å²) >= 11 is 1.18. The van der Waals surface area contributed by atoms with E-state index < -0.39 is 11.6 Å². The van der Waals surface area contributed by atoms with Gasteiger partial charge in [-0.3, -0.25) is 10.1 Å². The number of nitrogens with one attached hydrogen (secondary N) is 1. The van der Waals surface area contributed by atoms with Gasteiger partial charge in [0.25, 0.3) is 5.91 Å². The van der Waals surface area contributed by atoms with E-state index in [9.17, 15) is 13.6 Å². The van der Waals surface area contributed by atoms with Gasteiger partial charge in [0.15, 0.2) is 5.13 Å². The van der Waals surface area contributed by atoms with Gasteiger partial charge in [-0.1, -0.05) is 0 Å². The van der Waals surface area contributed by atoms with Crippen molar-refractivity contribution in [1.29, 1.82) is 0 Å². The topological polar surface area (TPSA) is 45.2 Å². The van der Waals surface area contributed by atoms with E-state index in [1.807, 2.05) is 31.1 Å². The molecule has 0 aliphatic heterocycles. The number of anilines is 2. The van der Waals surface area contributed by atoms with Crippen LogP contribution in [-0.2, 0) is 0 Å². The third-order valence-electron chi connectivity index (χ3n) is 3.58. The van der Waals surface area contributed by atoms with E-state index >= 15 is 0 Å². The Balaban J connectivity index is 1.75. The molecular formula is C18H15F2N3OS. The molecule has 0 fully saturated rings. The lowest BCUT2D eigenvalue weighted by Crippen LogP contribution is -2.13. The smallest absolute Gasteiger partial charge is 0.257 e. The van der Waals surface area contributed by atoms with Crippen molar-refractivity contribution in [2.75, 3.05) is 24.3 Å². The van der Waals surface area contributed by atoms with E-state index in [-0.39, 0.29) is 11.5 Å². The first-order chi connectivity index (χ1) is 11.9. The zero-order valence-electron chi connectivity index (χ0n) is 13.6. The molecule has 3 rings (SSSR count). The number of carbonyl (C=O) groups excluding carboxylic acids is 1. The van der Waals surface area contributed by atoms with Crippen molar-refractivity contribution in [3.8, 4) is 11.3 Å². The lowest BCUT2D eigenvalue weighted by molar-refractivity contribution is 0.102. The lowest BCUT2D eigenvalue weighted by Gasteiger charge is -2.12. The minimum Gasteiger partial charge on any atom is -0.378 e. The largest absolute Gasteiger partial charge is 0.378 e. The normalized spacial score (nSPS) is 10.6. The summed E-state index contributed by atoms with van der Waals surface area (Å²) in [5, 5.41) is 4.65. The first-order valence-corrected chi connectivity index (χ1v) is 8.31.